The molecule has 4 amide bonds. The van der Waals surface area contributed by atoms with Gasteiger partial charge in [-0.2, -0.15) is 0 Å². The molecule has 21 heteroatoms. The Bertz CT molecular complexity index is 1320. The molecule has 4 N–H and O–H groups in total. The quantitative estimate of drug-likeness (QED) is 0.137. The van der Waals surface area contributed by atoms with E-state index < -0.39 is 89.5 Å². The predicted molar refractivity (Wildman–Crippen MR) is 133 cm³/mol. The number of imidazole rings is 2. The lowest BCUT2D eigenvalue weighted by Gasteiger charge is -2.28. The summed E-state index contributed by atoms with van der Waals surface area (Å²) in [5.41, 5.74) is -2.27. The molecule has 2 aromatic heterocycles. The number of ether oxygens (including phenoxy) is 2. The van der Waals surface area contributed by atoms with E-state index in [2.05, 4.69) is 14.7 Å². The molecule has 0 bridgehead atoms. The second-order valence-corrected chi connectivity index (χ2v) is 8.54. The third kappa shape index (κ3) is 8.85. The van der Waals surface area contributed by atoms with E-state index in [9.17, 15) is 49.3 Å². The van der Waals surface area contributed by atoms with Crippen LogP contribution in [0.4, 0.5) is 16.4 Å². The average Bonchev–Trinajstić information content (AvgIpc) is 3.45. The molecule has 0 aliphatic rings. The second kappa shape index (κ2) is 14.4. The van der Waals surface area contributed by atoms with E-state index in [1.165, 1.54) is 13.8 Å². The number of rotatable bonds is 16. The zero-order valence-corrected chi connectivity index (χ0v) is 22.2. The molecule has 0 saturated carbocycles. The SMILES string of the molecule is Cc1ncc([N+](=O)[O-])n1CCC(CCn1c([N+](=O)[O-])cnc1C)(OCC(=O)NC(=O)NC(=O)COCC(=O)O)C(=O)O. The van der Waals surface area contributed by atoms with Gasteiger partial charge in [0.15, 0.2) is 17.2 Å². The van der Waals surface area contributed by atoms with Crippen molar-refractivity contribution in [3.05, 3.63) is 44.3 Å². The molecule has 21 nitrogen and oxygen atoms in total. The summed E-state index contributed by atoms with van der Waals surface area (Å²) in [6.45, 7) is -0.462. The van der Waals surface area contributed by atoms with Crippen molar-refractivity contribution >= 4 is 41.4 Å². The van der Waals surface area contributed by atoms with Crippen LogP contribution >= 0.6 is 0 Å². The topological polar surface area (TPSA) is 290 Å². The van der Waals surface area contributed by atoms with Crippen LogP contribution in [0.25, 0.3) is 0 Å². The lowest BCUT2D eigenvalue weighted by atomic mass is 9.94. The molecule has 0 fully saturated rings. The van der Waals surface area contributed by atoms with Crippen molar-refractivity contribution in [1.29, 1.82) is 0 Å². The number of amides is 4. The van der Waals surface area contributed by atoms with E-state index >= 15 is 0 Å². The monoisotopic (exact) mass is 598 g/mol. The molecule has 228 valence electrons. The van der Waals surface area contributed by atoms with E-state index in [-0.39, 0.29) is 24.7 Å². The van der Waals surface area contributed by atoms with Gasteiger partial charge in [0.25, 0.3) is 11.8 Å². The first-order valence-corrected chi connectivity index (χ1v) is 11.8. The number of nitrogens with one attached hydrogen (secondary N) is 2. The molecule has 0 radical (unpaired) electrons. The number of carbonyl (C=O) groups is 5. The summed E-state index contributed by atoms with van der Waals surface area (Å²) in [7, 11) is 0. The first-order chi connectivity index (χ1) is 19.7. The minimum Gasteiger partial charge on any atom is -0.480 e. The largest absolute Gasteiger partial charge is 0.480 e. The number of nitrogens with zero attached hydrogens (tertiary/aromatic N) is 6. The number of urea groups is 1. The number of aliphatic carboxylic acids is 2. The number of nitro groups is 2. The minimum atomic E-state index is -2.27. The van der Waals surface area contributed by atoms with Gasteiger partial charge in [0.2, 0.25) is 0 Å². The third-order valence-corrected chi connectivity index (χ3v) is 5.75. The van der Waals surface area contributed by atoms with E-state index in [1.54, 1.807) is 10.6 Å². The molecule has 0 unspecified atom stereocenters. The van der Waals surface area contributed by atoms with E-state index in [0.717, 1.165) is 21.5 Å². The van der Waals surface area contributed by atoms with Crippen LogP contribution < -0.4 is 10.6 Å². The number of hydrogen-bond donors (Lipinski definition) is 4. The smallest absolute Gasteiger partial charge is 0.342 e. The van der Waals surface area contributed by atoms with Gasteiger partial charge in [-0.3, -0.25) is 20.2 Å². The zero-order valence-electron chi connectivity index (χ0n) is 22.2. The van der Waals surface area contributed by atoms with Crippen molar-refractivity contribution in [2.45, 2.75) is 45.4 Å². The lowest BCUT2D eigenvalue weighted by molar-refractivity contribution is -0.392. The summed E-state index contributed by atoms with van der Waals surface area (Å²) < 4.78 is 12.2. The van der Waals surface area contributed by atoms with Gasteiger partial charge in [0.1, 0.15) is 32.2 Å². The van der Waals surface area contributed by atoms with Crippen molar-refractivity contribution in [3.8, 4) is 0 Å². The van der Waals surface area contributed by atoms with Crippen LogP contribution in [0.3, 0.4) is 0 Å². The molecule has 0 aliphatic carbocycles. The van der Waals surface area contributed by atoms with E-state index in [1.807, 2.05) is 0 Å². The van der Waals surface area contributed by atoms with Gasteiger partial charge >= 0.3 is 29.6 Å². The third-order valence-electron chi connectivity index (χ3n) is 5.75. The standard InChI is InChI=1S/C21H26N8O13/c1-12-22-7-16(28(37)38)26(12)5-3-21(19(34)35,4-6-27-13(2)23-8-17(27)29(39)40)42-10-15(31)25-20(36)24-14(30)9-41-11-18(32)33/h7-8H,3-6,9-11H2,1-2H3,(H,32,33)(H,34,35)(H2,24,25,30,31,36). The molecule has 0 aliphatic heterocycles. The average molecular weight is 598 g/mol. The summed E-state index contributed by atoms with van der Waals surface area (Å²) in [4.78, 5) is 87.7. The van der Waals surface area contributed by atoms with E-state index in [0.29, 0.717) is 0 Å². The number of aromatic nitrogens is 4. The summed E-state index contributed by atoms with van der Waals surface area (Å²) in [6, 6.07) is -1.34. The van der Waals surface area contributed by atoms with Crippen LogP contribution in [0.1, 0.15) is 24.5 Å². The molecule has 2 heterocycles. The van der Waals surface area contributed by atoms with Crippen LogP contribution in [0.15, 0.2) is 12.4 Å². The zero-order chi connectivity index (χ0) is 31.6. The Hall–Kier alpha value is -5.31. The van der Waals surface area contributed by atoms with Gasteiger partial charge in [-0.15, -0.1) is 0 Å². The fourth-order valence-corrected chi connectivity index (χ4v) is 3.68. The van der Waals surface area contributed by atoms with Gasteiger partial charge in [0, 0.05) is 26.7 Å². The van der Waals surface area contributed by atoms with Crippen molar-refractivity contribution in [2.75, 3.05) is 19.8 Å². The highest BCUT2D eigenvalue weighted by Gasteiger charge is 2.42. The normalized spacial score (nSPS) is 11.1. The molecule has 0 spiro atoms. The minimum absolute atomic E-state index is 0.175. The maximum Gasteiger partial charge on any atom is 0.342 e. The fourth-order valence-electron chi connectivity index (χ4n) is 3.68. The fraction of sp³-hybridized carbons (Fsp3) is 0.476. The number of carboxylic acids is 2. The number of carboxylic acid groups (broad SMARTS) is 2. The van der Waals surface area contributed by atoms with Gasteiger partial charge in [0.05, 0.1) is 13.1 Å². The number of aryl methyl sites for hydroxylation is 2. The maximum absolute atomic E-state index is 12.5. The second-order valence-electron chi connectivity index (χ2n) is 8.54. The van der Waals surface area contributed by atoms with E-state index in [4.69, 9.17) is 9.84 Å². The number of imide groups is 2. The summed E-state index contributed by atoms with van der Waals surface area (Å²) in [5.74, 6) is -5.81. The van der Waals surface area contributed by atoms with Crippen LogP contribution in [-0.2, 0) is 41.7 Å². The molecule has 2 rings (SSSR count). The molecule has 0 atom stereocenters. The highest BCUT2D eigenvalue weighted by Crippen LogP contribution is 2.27. The lowest BCUT2D eigenvalue weighted by Crippen LogP contribution is -2.48. The Labute approximate surface area is 234 Å². The summed E-state index contributed by atoms with van der Waals surface area (Å²) in [5, 5.41) is 44.8. The van der Waals surface area contributed by atoms with Crippen LogP contribution in [0.2, 0.25) is 0 Å². The highest BCUT2D eigenvalue weighted by atomic mass is 16.6. The maximum atomic E-state index is 12.5. The molecule has 2 aromatic rings. The Morgan fingerprint density at radius 2 is 1.31 bits per heavy atom. The van der Waals surface area contributed by atoms with Crippen LogP contribution in [0.5, 0.6) is 0 Å². The Morgan fingerprint density at radius 1 is 0.857 bits per heavy atom. The molecule has 42 heavy (non-hydrogen) atoms. The van der Waals surface area contributed by atoms with Gasteiger partial charge in [-0.05, 0) is 9.85 Å². The summed E-state index contributed by atoms with van der Waals surface area (Å²) >= 11 is 0. The van der Waals surface area contributed by atoms with Crippen molar-refractivity contribution in [3.63, 3.8) is 0 Å². The van der Waals surface area contributed by atoms with Gasteiger partial charge < -0.3 is 39.9 Å². The molecular formula is C21H26N8O13. The summed E-state index contributed by atoms with van der Waals surface area (Å²) in [6.07, 6.45) is 0.968. The first kappa shape index (κ1) is 32.9. The molecule has 0 saturated heterocycles. The Kier molecular flexibility index (Phi) is 11.2. The Balaban J connectivity index is 2.21. The molecule has 0 aromatic carbocycles. The van der Waals surface area contributed by atoms with Gasteiger partial charge in [-0.25, -0.2) is 33.5 Å². The Morgan fingerprint density at radius 3 is 1.71 bits per heavy atom. The van der Waals surface area contributed by atoms with Crippen molar-refractivity contribution in [1.82, 2.24) is 29.7 Å². The number of carbonyl (C=O) groups excluding carboxylic acids is 3. The van der Waals surface area contributed by atoms with Crippen molar-refractivity contribution < 1.29 is 53.5 Å². The first-order valence-electron chi connectivity index (χ1n) is 11.8. The van der Waals surface area contributed by atoms with Crippen LogP contribution in [0, 0.1) is 34.1 Å². The van der Waals surface area contributed by atoms with Crippen LogP contribution in [-0.4, -0.2) is 94.4 Å². The number of hydrogen-bond acceptors (Lipinski definition) is 13. The predicted octanol–water partition coefficient (Wildman–Crippen LogP) is -0.713. The molecular weight excluding hydrogens is 572 g/mol. The highest BCUT2D eigenvalue weighted by molar-refractivity contribution is 6.02. The van der Waals surface area contributed by atoms with Gasteiger partial charge in [-0.1, -0.05) is 0 Å². The van der Waals surface area contributed by atoms with Crippen molar-refractivity contribution in [2.24, 2.45) is 0 Å².